The summed E-state index contributed by atoms with van der Waals surface area (Å²) in [5.74, 6) is 0. The molecule has 1 saturated heterocycles. The van der Waals surface area contributed by atoms with Gasteiger partial charge in [-0.05, 0) is 30.4 Å². The Labute approximate surface area is 108 Å². The maximum absolute atomic E-state index is 5.88. The van der Waals surface area contributed by atoms with Gasteiger partial charge in [0, 0.05) is 30.6 Å². The summed E-state index contributed by atoms with van der Waals surface area (Å²) in [6.45, 7) is 3.23. The molecule has 0 radical (unpaired) electrons. The Morgan fingerprint density at radius 1 is 1.38 bits per heavy atom. The molecule has 0 spiro atoms. The fraction of sp³-hybridized carbons (Fsp3) is 0.500. The average molecular weight is 259 g/mol. The van der Waals surface area contributed by atoms with E-state index in [0.717, 1.165) is 26.1 Å². The number of nitrogens with zero attached hydrogens (tertiary/aromatic N) is 1. The highest BCUT2D eigenvalue weighted by molar-refractivity contribution is 7.98. The number of nitrogens with two attached hydrogens (primary N) is 1. The molecular weight excluding hydrogens is 240 g/mol. The summed E-state index contributed by atoms with van der Waals surface area (Å²) >= 11 is 1.79. The van der Waals surface area contributed by atoms with Gasteiger partial charge in [-0.3, -0.25) is 4.90 Å². The molecule has 2 rings (SSSR count). The molecule has 1 heterocycles. The second-order valence-electron chi connectivity index (χ2n) is 4.13. The molecule has 90 valence electrons. The number of thioether (sulfide) groups is 1. The molecule has 4 heteroatoms. The minimum absolute atomic E-state index is 0. The summed E-state index contributed by atoms with van der Waals surface area (Å²) in [5.41, 5.74) is 7.27. The lowest BCUT2D eigenvalue weighted by Gasteiger charge is -2.15. The third-order valence-electron chi connectivity index (χ3n) is 2.87. The first-order chi connectivity index (χ1) is 7.28. The standard InChI is InChI=1S/C12H18N2S.ClH/c1-15-12-4-2-10(3-5-12)8-14-7-6-11(13)9-14;/h2-5,11H,6-9,13H2,1H3;1H/t11-;/m1./s1. The van der Waals surface area contributed by atoms with Crippen molar-refractivity contribution < 1.29 is 0 Å². The van der Waals surface area contributed by atoms with E-state index in [1.165, 1.54) is 10.5 Å². The summed E-state index contributed by atoms with van der Waals surface area (Å²) in [4.78, 5) is 3.76. The lowest BCUT2D eigenvalue weighted by molar-refractivity contribution is 0.327. The molecule has 1 aliphatic rings. The van der Waals surface area contributed by atoms with E-state index in [9.17, 15) is 0 Å². The summed E-state index contributed by atoms with van der Waals surface area (Å²) in [5, 5.41) is 0. The highest BCUT2D eigenvalue weighted by Gasteiger charge is 2.18. The van der Waals surface area contributed by atoms with Gasteiger partial charge in [0.25, 0.3) is 0 Å². The van der Waals surface area contributed by atoms with Crippen LogP contribution in [0.15, 0.2) is 29.2 Å². The molecule has 0 unspecified atom stereocenters. The summed E-state index contributed by atoms with van der Waals surface area (Å²) in [6.07, 6.45) is 3.25. The Bertz CT molecular complexity index is 315. The van der Waals surface area contributed by atoms with Crippen LogP contribution in [0, 0.1) is 0 Å². The predicted octanol–water partition coefficient (Wildman–Crippen LogP) is 2.36. The number of rotatable bonds is 3. The van der Waals surface area contributed by atoms with Crippen molar-refractivity contribution in [1.82, 2.24) is 4.90 Å². The van der Waals surface area contributed by atoms with Gasteiger partial charge in [0.1, 0.15) is 0 Å². The number of benzene rings is 1. The zero-order valence-electron chi connectivity index (χ0n) is 9.56. The molecule has 1 atom stereocenters. The third kappa shape index (κ3) is 3.67. The molecule has 16 heavy (non-hydrogen) atoms. The van der Waals surface area contributed by atoms with E-state index in [4.69, 9.17) is 5.73 Å². The minimum atomic E-state index is 0. The van der Waals surface area contributed by atoms with Gasteiger partial charge >= 0.3 is 0 Å². The van der Waals surface area contributed by atoms with Gasteiger partial charge in [-0.15, -0.1) is 24.2 Å². The Kier molecular flexibility index (Phi) is 5.62. The smallest absolute Gasteiger partial charge is 0.0234 e. The minimum Gasteiger partial charge on any atom is -0.326 e. The Balaban J connectivity index is 0.00000128. The SMILES string of the molecule is CSc1ccc(CN2CC[C@@H](N)C2)cc1.Cl. The number of hydrogen-bond donors (Lipinski definition) is 1. The molecular formula is C12H19ClN2S. The first-order valence-electron chi connectivity index (χ1n) is 5.39. The van der Waals surface area contributed by atoms with Crippen molar-refractivity contribution in [2.24, 2.45) is 5.73 Å². The van der Waals surface area contributed by atoms with Crippen LogP contribution in [0.5, 0.6) is 0 Å². The monoisotopic (exact) mass is 258 g/mol. The largest absolute Gasteiger partial charge is 0.326 e. The normalized spacial score (nSPS) is 20.8. The third-order valence-corrected chi connectivity index (χ3v) is 3.62. The lowest BCUT2D eigenvalue weighted by atomic mass is 10.2. The van der Waals surface area contributed by atoms with E-state index in [2.05, 4.69) is 35.4 Å². The van der Waals surface area contributed by atoms with E-state index in [1.807, 2.05) is 0 Å². The van der Waals surface area contributed by atoms with Crippen molar-refractivity contribution in [2.45, 2.75) is 23.9 Å². The van der Waals surface area contributed by atoms with Gasteiger partial charge in [0.2, 0.25) is 0 Å². The summed E-state index contributed by atoms with van der Waals surface area (Å²) < 4.78 is 0. The van der Waals surface area contributed by atoms with Crippen LogP contribution >= 0.6 is 24.2 Å². The molecule has 1 fully saturated rings. The van der Waals surface area contributed by atoms with Crippen molar-refractivity contribution in [2.75, 3.05) is 19.3 Å². The zero-order valence-corrected chi connectivity index (χ0v) is 11.2. The Hall–Kier alpha value is -0.220. The van der Waals surface area contributed by atoms with Crippen LogP contribution in [0.1, 0.15) is 12.0 Å². The number of halogens is 1. The topological polar surface area (TPSA) is 29.3 Å². The maximum atomic E-state index is 5.88. The van der Waals surface area contributed by atoms with Gasteiger partial charge in [0.15, 0.2) is 0 Å². The van der Waals surface area contributed by atoms with Crippen LogP contribution in [0.3, 0.4) is 0 Å². The van der Waals surface area contributed by atoms with E-state index >= 15 is 0 Å². The first kappa shape index (κ1) is 13.8. The molecule has 0 aromatic heterocycles. The fourth-order valence-electron chi connectivity index (χ4n) is 2.00. The van der Waals surface area contributed by atoms with E-state index in [1.54, 1.807) is 11.8 Å². The number of likely N-dealkylation sites (tertiary alicyclic amines) is 1. The van der Waals surface area contributed by atoms with Crippen LogP contribution in [0.4, 0.5) is 0 Å². The second kappa shape index (κ2) is 6.50. The molecule has 0 aliphatic carbocycles. The van der Waals surface area contributed by atoms with Crippen LogP contribution in [0.25, 0.3) is 0 Å². The van der Waals surface area contributed by atoms with Crippen molar-refractivity contribution in [3.63, 3.8) is 0 Å². The molecule has 0 amide bonds. The quantitative estimate of drug-likeness (QED) is 0.844. The molecule has 1 aromatic rings. The van der Waals surface area contributed by atoms with Gasteiger partial charge in [-0.25, -0.2) is 0 Å². The Morgan fingerprint density at radius 3 is 2.56 bits per heavy atom. The average Bonchev–Trinajstić information content (AvgIpc) is 2.65. The van der Waals surface area contributed by atoms with Crippen LogP contribution in [-0.2, 0) is 6.54 Å². The first-order valence-corrected chi connectivity index (χ1v) is 6.61. The fourth-order valence-corrected chi connectivity index (χ4v) is 2.40. The van der Waals surface area contributed by atoms with E-state index < -0.39 is 0 Å². The predicted molar refractivity (Wildman–Crippen MR) is 73.3 cm³/mol. The van der Waals surface area contributed by atoms with Crippen molar-refractivity contribution in [1.29, 1.82) is 0 Å². The molecule has 1 aromatic carbocycles. The van der Waals surface area contributed by atoms with Crippen LogP contribution in [0.2, 0.25) is 0 Å². The van der Waals surface area contributed by atoms with Gasteiger partial charge in [0.05, 0.1) is 0 Å². The highest BCUT2D eigenvalue weighted by Crippen LogP contribution is 2.17. The zero-order chi connectivity index (χ0) is 10.7. The van der Waals surface area contributed by atoms with E-state index in [-0.39, 0.29) is 12.4 Å². The second-order valence-corrected chi connectivity index (χ2v) is 5.01. The number of hydrogen-bond acceptors (Lipinski definition) is 3. The summed E-state index contributed by atoms with van der Waals surface area (Å²) in [7, 11) is 0. The van der Waals surface area contributed by atoms with Gasteiger partial charge < -0.3 is 5.73 Å². The van der Waals surface area contributed by atoms with Crippen molar-refractivity contribution >= 4 is 24.2 Å². The van der Waals surface area contributed by atoms with Crippen molar-refractivity contribution in [3.8, 4) is 0 Å². The van der Waals surface area contributed by atoms with E-state index in [0.29, 0.717) is 6.04 Å². The van der Waals surface area contributed by atoms with Gasteiger partial charge in [-0.1, -0.05) is 12.1 Å². The molecule has 2 nitrogen and oxygen atoms in total. The van der Waals surface area contributed by atoms with Gasteiger partial charge in [-0.2, -0.15) is 0 Å². The van der Waals surface area contributed by atoms with Crippen LogP contribution in [-0.4, -0.2) is 30.3 Å². The molecule has 0 saturated carbocycles. The maximum Gasteiger partial charge on any atom is 0.0234 e. The molecule has 1 aliphatic heterocycles. The molecule has 0 bridgehead atoms. The lowest BCUT2D eigenvalue weighted by Crippen LogP contribution is -2.26. The van der Waals surface area contributed by atoms with Crippen molar-refractivity contribution in [3.05, 3.63) is 29.8 Å². The Morgan fingerprint density at radius 2 is 2.06 bits per heavy atom. The summed E-state index contributed by atoms with van der Waals surface area (Å²) in [6, 6.07) is 9.20. The highest BCUT2D eigenvalue weighted by atomic mass is 35.5. The van der Waals surface area contributed by atoms with Crippen LogP contribution < -0.4 is 5.73 Å². The molecule has 2 N–H and O–H groups in total.